The van der Waals surface area contributed by atoms with Gasteiger partial charge in [0.15, 0.2) is 5.65 Å². The van der Waals surface area contributed by atoms with Crippen LogP contribution in [0.3, 0.4) is 0 Å². The van der Waals surface area contributed by atoms with Crippen LogP contribution in [0, 0.1) is 11.6 Å². The molecule has 0 aliphatic carbocycles. The number of amides is 1. The van der Waals surface area contributed by atoms with E-state index in [0.29, 0.717) is 49.9 Å². The van der Waals surface area contributed by atoms with E-state index in [1.165, 1.54) is 42.6 Å². The van der Waals surface area contributed by atoms with Crippen molar-refractivity contribution in [3.05, 3.63) is 131 Å². The Morgan fingerprint density at radius 2 is 1.73 bits per heavy atom. The number of ether oxygens (including phenoxy) is 2. The Labute approximate surface area is 291 Å². The highest BCUT2D eigenvalue weighted by molar-refractivity contribution is 6.04. The van der Waals surface area contributed by atoms with Crippen LogP contribution in [0.4, 0.5) is 25.8 Å². The summed E-state index contributed by atoms with van der Waals surface area (Å²) in [5.74, 6) is -1.03. The predicted molar refractivity (Wildman–Crippen MR) is 188 cm³/mol. The summed E-state index contributed by atoms with van der Waals surface area (Å²) in [5.41, 5.74) is 2.21. The molecule has 51 heavy (non-hydrogen) atoms. The molecule has 260 valence electrons. The lowest BCUT2D eigenvalue weighted by Gasteiger charge is -2.31. The Kier molecular flexibility index (Phi) is 9.76. The summed E-state index contributed by atoms with van der Waals surface area (Å²) >= 11 is 0. The van der Waals surface area contributed by atoms with Gasteiger partial charge in [-0.2, -0.15) is 14.9 Å². The number of rotatable bonds is 11. The van der Waals surface area contributed by atoms with Gasteiger partial charge in [-0.05, 0) is 72.3 Å². The number of morpholine rings is 1. The van der Waals surface area contributed by atoms with Crippen LogP contribution in [0.1, 0.15) is 15.9 Å². The van der Waals surface area contributed by atoms with Crippen LogP contribution in [-0.4, -0.2) is 81.9 Å². The molecule has 12 nitrogen and oxygen atoms in total. The molecular formula is C37H34F2N8O4. The van der Waals surface area contributed by atoms with E-state index in [-0.39, 0.29) is 11.3 Å². The fraction of sp³-hybridized carbons (Fsp3) is 0.216. The Hall–Kier alpha value is -5.99. The molecule has 0 unspecified atom stereocenters. The van der Waals surface area contributed by atoms with Gasteiger partial charge in [-0.25, -0.2) is 18.4 Å². The first-order valence-electron chi connectivity index (χ1n) is 16.3. The van der Waals surface area contributed by atoms with E-state index in [1.807, 2.05) is 35.2 Å². The highest BCUT2D eigenvalue weighted by atomic mass is 19.1. The minimum atomic E-state index is -0.741. The number of methoxy groups -OCH3 is 1. The quantitative estimate of drug-likeness (QED) is 0.199. The summed E-state index contributed by atoms with van der Waals surface area (Å²) in [6.07, 6.45) is 4.72. The summed E-state index contributed by atoms with van der Waals surface area (Å²) in [7, 11) is 1.62. The largest absolute Gasteiger partial charge is 0.497 e. The normalized spacial score (nSPS) is 13.3. The van der Waals surface area contributed by atoms with Crippen molar-refractivity contribution in [2.45, 2.75) is 6.54 Å². The molecule has 1 amide bonds. The third kappa shape index (κ3) is 7.32. The second kappa shape index (κ2) is 14.9. The number of carbonyl (C=O) groups is 1. The third-order valence-electron chi connectivity index (χ3n) is 8.70. The molecule has 1 aliphatic rings. The number of hydrogen-bond donors (Lipinski definition) is 1. The second-order valence-corrected chi connectivity index (χ2v) is 11.9. The van der Waals surface area contributed by atoms with Crippen LogP contribution in [0.5, 0.6) is 5.75 Å². The molecule has 4 heterocycles. The monoisotopic (exact) mass is 692 g/mol. The zero-order chi connectivity index (χ0) is 35.3. The highest BCUT2D eigenvalue weighted by Gasteiger charge is 2.22. The molecule has 0 atom stereocenters. The first kappa shape index (κ1) is 33.5. The third-order valence-corrected chi connectivity index (χ3v) is 8.70. The van der Waals surface area contributed by atoms with Gasteiger partial charge < -0.3 is 19.7 Å². The van der Waals surface area contributed by atoms with Crippen molar-refractivity contribution in [3.63, 3.8) is 0 Å². The lowest BCUT2D eigenvalue weighted by atomic mass is 10.2. The van der Waals surface area contributed by atoms with E-state index in [4.69, 9.17) is 9.47 Å². The Morgan fingerprint density at radius 3 is 2.47 bits per heavy atom. The summed E-state index contributed by atoms with van der Waals surface area (Å²) in [6.45, 7) is 4.38. The molecule has 0 radical (unpaired) electrons. The zero-order valence-electron chi connectivity index (χ0n) is 27.7. The first-order valence-corrected chi connectivity index (χ1v) is 16.3. The summed E-state index contributed by atoms with van der Waals surface area (Å²) in [6, 6.07) is 20.4. The number of nitrogens with zero attached hydrogens (tertiary/aromatic N) is 7. The molecule has 1 aliphatic heterocycles. The molecule has 1 saturated heterocycles. The van der Waals surface area contributed by atoms with Crippen LogP contribution >= 0.6 is 0 Å². The van der Waals surface area contributed by atoms with Gasteiger partial charge >= 0.3 is 0 Å². The number of aromatic nitrogens is 5. The van der Waals surface area contributed by atoms with Crippen molar-refractivity contribution >= 4 is 34.0 Å². The van der Waals surface area contributed by atoms with Gasteiger partial charge in [0.1, 0.15) is 22.9 Å². The molecule has 14 heteroatoms. The van der Waals surface area contributed by atoms with Crippen molar-refractivity contribution in [3.8, 4) is 11.4 Å². The van der Waals surface area contributed by atoms with Gasteiger partial charge in [-0.3, -0.25) is 14.5 Å². The molecule has 7 rings (SSSR count). The fourth-order valence-corrected chi connectivity index (χ4v) is 6.01. The van der Waals surface area contributed by atoms with Gasteiger partial charge in [0, 0.05) is 44.3 Å². The Bertz CT molecular complexity index is 2220. The smallest absolute Gasteiger partial charge is 0.284 e. The molecule has 1 N–H and O–H groups in total. The van der Waals surface area contributed by atoms with Gasteiger partial charge in [-0.15, -0.1) is 0 Å². The summed E-state index contributed by atoms with van der Waals surface area (Å²) < 4.78 is 43.2. The second-order valence-electron chi connectivity index (χ2n) is 11.9. The van der Waals surface area contributed by atoms with Crippen molar-refractivity contribution < 1.29 is 23.0 Å². The van der Waals surface area contributed by atoms with E-state index >= 15 is 4.39 Å². The van der Waals surface area contributed by atoms with Crippen molar-refractivity contribution in [2.75, 3.05) is 56.7 Å². The van der Waals surface area contributed by atoms with Crippen molar-refractivity contribution in [2.24, 2.45) is 0 Å². The number of anilines is 3. The lowest BCUT2D eigenvalue weighted by Crippen LogP contribution is -2.40. The zero-order valence-corrected chi connectivity index (χ0v) is 27.7. The fourth-order valence-electron chi connectivity index (χ4n) is 6.01. The molecule has 1 fully saturated rings. The van der Waals surface area contributed by atoms with Gasteiger partial charge in [-0.1, -0.05) is 12.1 Å². The Morgan fingerprint density at radius 1 is 0.941 bits per heavy atom. The molecule has 0 bridgehead atoms. The standard InChI is InChI=1S/C37H34F2N8O4/c1-50-29-9-2-25(3-10-29)24-46-35-31(23-42-46)33(13-14-40-35)45(17-16-44-18-20-51-21-19-44)34-11-6-27(22-32(34)39)43-36(48)30-12-15-41-47(37(30)49)28-7-4-26(38)5-8-28/h2-15,22-23H,16-21,24H2,1H3,(H,43,48). The van der Waals surface area contributed by atoms with E-state index < -0.39 is 23.1 Å². The molecular weight excluding hydrogens is 658 g/mol. The topological polar surface area (TPSA) is 120 Å². The van der Waals surface area contributed by atoms with Crippen molar-refractivity contribution in [1.82, 2.24) is 29.4 Å². The first-order chi connectivity index (χ1) is 24.9. The van der Waals surface area contributed by atoms with E-state index in [0.717, 1.165) is 40.2 Å². The predicted octanol–water partition coefficient (Wildman–Crippen LogP) is 5.03. The molecule has 3 aromatic carbocycles. The van der Waals surface area contributed by atoms with E-state index in [2.05, 4.69) is 25.4 Å². The summed E-state index contributed by atoms with van der Waals surface area (Å²) in [4.78, 5) is 35.1. The maximum atomic E-state index is 16.2. The van der Waals surface area contributed by atoms with Gasteiger partial charge in [0.2, 0.25) is 0 Å². The maximum absolute atomic E-state index is 16.2. The van der Waals surface area contributed by atoms with Crippen LogP contribution < -0.4 is 20.5 Å². The minimum Gasteiger partial charge on any atom is -0.497 e. The number of hydrogen-bond acceptors (Lipinski definition) is 9. The molecule has 0 saturated carbocycles. The number of benzene rings is 3. The van der Waals surface area contributed by atoms with Crippen LogP contribution in [0.2, 0.25) is 0 Å². The summed E-state index contributed by atoms with van der Waals surface area (Å²) in [5, 5.41) is 12.0. The lowest BCUT2D eigenvalue weighted by molar-refractivity contribution is 0.0394. The van der Waals surface area contributed by atoms with Gasteiger partial charge in [0.25, 0.3) is 11.5 Å². The number of pyridine rings is 1. The number of nitrogens with one attached hydrogen (secondary N) is 1. The van der Waals surface area contributed by atoms with Crippen LogP contribution in [0.25, 0.3) is 16.7 Å². The molecule has 3 aromatic heterocycles. The number of halogens is 2. The van der Waals surface area contributed by atoms with E-state index in [1.54, 1.807) is 36.3 Å². The maximum Gasteiger partial charge on any atom is 0.284 e. The highest BCUT2D eigenvalue weighted by Crippen LogP contribution is 2.34. The molecule has 6 aromatic rings. The average Bonchev–Trinajstić information content (AvgIpc) is 3.56. The SMILES string of the molecule is COc1ccc(Cn2ncc3c(N(CCN4CCOCC4)c4ccc(NC(=O)c5ccnn(-c6ccc(F)cc6)c5=O)cc4F)ccnc32)cc1. The Balaban J connectivity index is 1.17. The van der Waals surface area contributed by atoms with E-state index in [9.17, 15) is 14.0 Å². The van der Waals surface area contributed by atoms with Crippen molar-refractivity contribution in [1.29, 1.82) is 0 Å². The van der Waals surface area contributed by atoms with Crippen LogP contribution in [0.15, 0.2) is 102 Å². The number of fused-ring (bicyclic) bond motifs is 1. The average molecular weight is 693 g/mol. The number of carbonyl (C=O) groups excluding carboxylic acids is 1. The van der Waals surface area contributed by atoms with Gasteiger partial charge in [0.05, 0.1) is 55.5 Å². The van der Waals surface area contributed by atoms with Crippen LogP contribution in [-0.2, 0) is 11.3 Å². The minimum absolute atomic E-state index is 0.158. The molecule has 0 spiro atoms.